The van der Waals surface area contributed by atoms with E-state index in [9.17, 15) is 9.18 Å². The first-order valence-corrected chi connectivity index (χ1v) is 7.02. The van der Waals surface area contributed by atoms with E-state index in [4.69, 9.17) is 10.4 Å². The summed E-state index contributed by atoms with van der Waals surface area (Å²) in [5, 5.41) is 18.0. The van der Waals surface area contributed by atoms with E-state index < -0.39 is 11.8 Å². The fourth-order valence-corrected chi connectivity index (χ4v) is 2.82. The lowest BCUT2D eigenvalue weighted by atomic mass is 10.2. The number of rotatable bonds is 3. The van der Waals surface area contributed by atoms with Gasteiger partial charge in [-0.15, -0.1) is 0 Å². The third-order valence-electron chi connectivity index (χ3n) is 2.46. The SMILES string of the molecule is N#Cc1cc(Br)ccc1Sc1ccc(F)c(C(=O)O)c1. The maximum Gasteiger partial charge on any atom is 0.338 e. The summed E-state index contributed by atoms with van der Waals surface area (Å²) >= 11 is 4.49. The van der Waals surface area contributed by atoms with E-state index in [0.29, 0.717) is 15.4 Å². The molecular formula is C14H7BrFNO2S. The Morgan fingerprint density at radius 3 is 2.70 bits per heavy atom. The number of nitriles is 1. The Labute approximate surface area is 127 Å². The highest BCUT2D eigenvalue weighted by Crippen LogP contribution is 2.32. The Morgan fingerprint density at radius 1 is 1.30 bits per heavy atom. The second-order valence-corrected chi connectivity index (χ2v) is 5.83. The summed E-state index contributed by atoms with van der Waals surface area (Å²) < 4.78 is 14.1. The molecular weight excluding hydrogens is 345 g/mol. The summed E-state index contributed by atoms with van der Waals surface area (Å²) in [4.78, 5) is 12.1. The molecule has 0 aliphatic carbocycles. The van der Waals surface area contributed by atoms with Crippen LogP contribution in [0.4, 0.5) is 4.39 Å². The van der Waals surface area contributed by atoms with Crippen LogP contribution in [0.1, 0.15) is 15.9 Å². The van der Waals surface area contributed by atoms with Crippen molar-refractivity contribution in [2.75, 3.05) is 0 Å². The number of carboxylic acids is 1. The van der Waals surface area contributed by atoms with Crippen molar-refractivity contribution in [2.24, 2.45) is 0 Å². The summed E-state index contributed by atoms with van der Waals surface area (Å²) in [6.07, 6.45) is 0. The molecule has 6 heteroatoms. The van der Waals surface area contributed by atoms with Crippen LogP contribution in [-0.2, 0) is 0 Å². The van der Waals surface area contributed by atoms with Crippen LogP contribution in [0, 0.1) is 17.1 Å². The van der Waals surface area contributed by atoms with Crippen molar-refractivity contribution in [3.05, 3.63) is 57.8 Å². The van der Waals surface area contributed by atoms with Crippen LogP contribution in [0.2, 0.25) is 0 Å². The number of benzene rings is 2. The Morgan fingerprint density at radius 2 is 2.05 bits per heavy atom. The summed E-state index contributed by atoms with van der Waals surface area (Å²) in [5.41, 5.74) is 0.0798. The first kappa shape index (κ1) is 14.6. The third-order valence-corrected chi connectivity index (χ3v) is 4.02. The largest absolute Gasteiger partial charge is 0.478 e. The lowest BCUT2D eigenvalue weighted by Gasteiger charge is -2.06. The average Bonchev–Trinajstić information content (AvgIpc) is 2.42. The molecule has 2 rings (SSSR count). The number of nitrogens with zero attached hydrogens (tertiary/aromatic N) is 1. The van der Waals surface area contributed by atoms with Gasteiger partial charge >= 0.3 is 5.97 Å². The summed E-state index contributed by atoms with van der Waals surface area (Å²) in [6.45, 7) is 0. The zero-order chi connectivity index (χ0) is 14.7. The average molecular weight is 352 g/mol. The van der Waals surface area contributed by atoms with E-state index >= 15 is 0 Å². The molecule has 0 spiro atoms. The molecule has 0 aliphatic heterocycles. The Bertz CT molecular complexity index is 728. The van der Waals surface area contributed by atoms with Gasteiger partial charge in [-0.1, -0.05) is 27.7 Å². The normalized spacial score (nSPS) is 10.1. The van der Waals surface area contributed by atoms with Gasteiger partial charge in [0, 0.05) is 14.3 Å². The monoisotopic (exact) mass is 351 g/mol. The summed E-state index contributed by atoms with van der Waals surface area (Å²) in [6, 6.07) is 11.1. The van der Waals surface area contributed by atoms with Crippen LogP contribution in [-0.4, -0.2) is 11.1 Å². The molecule has 0 atom stereocenters. The van der Waals surface area contributed by atoms with E-state index in [2.05, 4.69) is 22.0 Å². The van der Waals surface area contributed by atoms with Crippen LogP contribution in [0.3, 0.4) is 0 Å². The van der Waals surface area contributed by atoms with Gasteiger partial charge in [-0.2, -0.15) is 5.26 Å². The Kier molecular flexibility index (Phi) is 4.42. The molecule has 0 amide bonds. The van der Waals surface area contributed by atoms with Crippen molar-refractivity contribution in [1.82, 2.24) is 0 Å². The highest BCUT2D eigenvalue weighted by atomic mass is 79.9. The number of hydrogen-bond donors (Lipinski definition) is 1. The molecule has 0 unspecified atom stereocenters. The Balaban J connectivity index is 2.38. The minimum absolute atomic E-state index is 0.384. The first-order chi connectivity index (χ1) is 9.51. The van der Waals surface area contributed by atoms with E-state index in [0.717, 1.165) is 10.5 Å². The third kappa shape index (κ3) is 3.18. The van der Waals surface area contributed by atoms with Gasteiger partial charge in [0.25, 0.3) is 0 Å². The number of hydrogen-bond acceptors (Lipinski definition) is 3. The summed E-state index contributed by atoms with van der Waals surface area (Å²) in [7, 11) is 0. The van der Waals surface area contributed by atoms with Crippen molar-refractivity contribution in [3.8, 4) is 6.07 Å². The predicted molar refractivity (Wildman–Crippen MR) is 76.3 cm³/mol. The van der Waals surface area contributed by atoms with Gasteiger partial charge < -0.3 is 5.11 Å². The zero-order valence-electron chi connectivity index (χ0n) is 9.93. The van der Waals surface area contributed by atoms with Gasteiger partial charge in [0.05, 0.1) is 11.1 Å². The van der Waals surface area contributed by atoms with Gasteiger partial charge in [-0.25, -0.2) is 9.18 Å². The number of halogens is 2. The highest BCUT2D eigenvalue weighted by Gasteiger charge is 2.12. The van der Waals surface area contributed by atoms with Crippen molar-refractivity contribution in [2.45, 2.75) is 9.79 Å². The highest BCUT2D eigenvalue weighted by molar-refractivity contribution is 9.10. The molecule has 0 heterocycles. The van der Waals surface area contributed by atoms with Crippen LogP contribution in [0.5, 0.6) is 0 Å². The zero-order valence-corrected chi connectivity index (χ0v) is 12.3. The summed E-state index contributed by atoms with van der Waals surface area (Å²) in [5.74, 6) is -2.10. The van der Waals surface area contributed by atoms with E-state index in [1.165, 1.54) is 23.9 Å². The minimum Gasteiger partial charge on any atom is -0.478 e. The van der Waals surface area contributed by atoms with Gasteiger partial charge in [0.2, 0.25) is 0 Å². The second kappa shape index (κ2) is 6.07. The van der Waals surface area contributed by atoms with Crippen LogP contribution < -0.4 is 0 Å². The molecule has 0 bridgehead atoms. The number of aromatic carboxylic acids is 1. The van der Waals surface area contributed by atoms with E-state index in [-0.39, 0.29) is 5.56 Å². The molecule has 2 aromatic carbocycles. The van der Waals surface area contributed by atoms with E-state index in [1.54, 1.807) is 18.2 Å². The number of carboxylic acid groups (broad SMARTS) is 1. The molecule has 2 aromatic rings. The lowest BCUT2D eigenvalue weighted by Crippen LogP contribution is -2.00. The van der Waals surface area contributed by atoms with Gasteiger partial charge in [0.1, 0.15) is 11.9 Å². The first-order valence-electron chi connectivity index (χ1n) is 5.41. The standard InChI is InChI=1S/C14H7BrFNO2S/c15-9-1-4-13(8(5-9)7-17)20-10-2-3-12(16)11(6-10)14(18)19/h1-6H,(H,18,19). The van der Waals surface area contributed by atoms with Crippen LogP contribution in [0.25, 0.3) is 0 Å². The molecule has 0 fully saturated rings. The predicted octanol–water partition coefficient (Wildman–Crippen LogP) is 4.31. The molecule has 100 valence electrons. The molecule has 0 saturated heterocycles. The van der Waals surface area contributed by atoms with Gasteiger partial charge in [0.15, 0.2) is 0 Å². The number of carbonyl (C=O) groups is 1. The van der Waals surface area contributed by atoms with Crippen molar-refractivity contribution < 1.29 is 14.3 Å². The van der Waals surface area contributed by atoms with Gasteiger partial charge in [-0.3, -0.25) is 0 Å². The Hall–Kier alpha value is -1.84. The molecule has 0 radical (unpaired) electrons. The van der Waals surface area contributed by atoms with Crippen LogP contribution in [0.15, 0.2) is 50.7 Å². The maximum absolute atomic E-state index is 13.3. The fourth-order valence-electron chi connectivity index (χ4n) is 1.54. The topological polar surface area (TPSA) is 61.1 Å². The van der Waals surface area contributed by atoms with Crippen LogP contribution >= 0.6 is 27.7 Å². The molecule has 3 nitrogen and oxygen atoms in total. The molecule has 1 N–H and O–H groups in total. The smallest absolute Gasteiger partial charge is 0.338 e. The quantitative estimate of drug-likeness (QED) is 0.894. The second-order valence-electron chi connectivity index (χ2n) is 3.80. The minimum atomic E-state index is -1.32. The lowest BCUT2D eigenvalue weighted by molar-refractivity contribution is 0.0691. The molecule has 0 aromatic heterocycles. The van der Waals surface area contributed by atoms with Crippen molar-refractivity contribution in [3.63, 3.8) is 0 Å². The molecule has 0 saturated carbocycles. The molecule has 20 heavy (non-hydrogen) atoms. The van der Waals surface area contributed by atoms with Crippen molar-refractivity contribution in [1.29, 1.82) is 5.26 Å². The van der Waals surface area contributed by atoms with E-state index in [1.807, 2.05) is 0 Å². The van der Waals surface area contributed by atoms with Crippen molar-refractivity contribution >= 4 is 33.7 Å². The maximum atomic E-state index is 13.3. The molecule has 0 aliphatic rings. The fraction of sp³-hybridized carbons (Fsp3) is 0. The van der Waals surface area contributed by atoms with Gasteiger partial charge in [-0.05, 0) is 36.4 Å².